The van der Waals surface area contributed by atoms with Gasteiger partial charge in [0.1, 0.15) is 0 Å². The fourth-order valence-corrected chi connectivity index (χ4v) is 6.42. The molecule has 0 amide bonds. The summed E-state index contributed by atoms with van der Waals surface area (Å²) in [6.07, 6.45) is 7.63. The Labute approximate surface area is 202 Å². The van der Waals surface area contributed by atoms with Gasteiger partial charge in [0.15, 0.2) is 0 Å². The molecule has 0 aromatic heterocycles. The van der Waals surface area contributed by atoms with Crippen molar-refractivity contribution >= 4 is 5.69 Å². The molecule has 2 nitrogen and oxygen atoms in total. The Hall–Kier alpha value is -3.36. The number of rotatable bonds is 3. The lowest BCUT2D eigenvalue weighted by Gasteiger charge is -2.18. The smallest absolute Gasteiger partial charge is 0.0526 e. The summed E-state index contributed by atoms with van der Waals surface area (Å²) in [6, 6.07) is 32.9. The Kier molecular flexibility index (Phi) is 5.68. The second-order valence-corrected chi connectivity index (χ2v) is 9.91. The summed E-state index contributed by atoms with van der Waals surface area (Å²) in [4.78, 5) is 0. The Morgan fingerprint density at radius 3 is 1.82 bits per heavy atom. The molecule has 2 heteroatoms. The van der Waals surface area contributed by atoms with Gasteiger partial charge in [0.2, 0.25) is 0 Å². The van der Waals surface area contributed by atoms with Crippen LogP contribution in [0, 0.1) is 0 Å². The van der Waals surface area contributed by atoms with E-state index in [2.05, 4.69) is 84.3 Å². The minimum absolute atomic E-state index is 0.798. The van der Waals surface area contributed by atoms with Gasteiger partial charge in [-0.15, -0.1) is 0 Å². The Morgan fingerprint density at radius 2 is 1.18 bits per heavy atom. The first-order valence-electron chi connectivity index (χ1n) is 12.6. The first-order chi connectivity index (χ1) is 16.8. The molecule has 3 aliphatic rings. The topological polar surface area (TPSA) is 38.0 Å². The number of aryl methyl sites for hydroxylation is 2. The number of nitrogen functional groups attached to an aromatic ring is 1. The largest absolute Gasteiger partial charge is 0.324 e. The van der Waals surface area contributed by atoms with Crippen LogP contribution in [0.5, 0.6) is 0 Å². The van der Waals surface area contributed by atoms with Crippen LogP contribution < -0.4 is 11.3 Å². The van der Waals surface area contributed by atoms with Crippen LogP contribution in [0.1, 0.15) is 64.5 Å². The van der Waals surface area contributed by atoms with Crippen LogP contribution in [-0.4, -0.2) is 0 Å². The fraction of sp³-hybridized carbons (Fsp3) is 0.250. The standard InChI is InChI=1S/C19H20.C13H12N2/c1-3-7-18-14(5-1)9-11-16(18)13-17-12-10-15-6-2-4-8-19(15)17;14-15-13-7-3-6-11-10-5-2-1-4-9(10)8-12(11)13/h1-8,16-17H,9-13H2;1-7,15H,8,14H2. The molecule has 0 saturated heterocycles. The van der Waals surface area contributed by atoms with E-state index < -0.39 is 0 Å². The van der Waals surface area contributed by atoms with E-state index in [1.165, 1.54) is 54.4 Å². The molecule has 0 radical (unpaired) electrons. The number of fused-ring (bicyclic) bond motifs is 5. The van der Waals surface area contributed by atoms with Gasteiger partial charge < -0.3 is 5.43 Å². The highest BCUT2D eigenvalue weighted by Gasteiger charge is 2.29. The summed E-state index contributed by atoms with van der Waals surface area (Å²) in [5, 5.41) is 0. The minimum atomic E-state index is 0.798. The average molecular weight is 445 g/mol. The lowest BCUT2D eigenvalue weighted by atomic mass is 9.87. The van der Waals surface area contributed by atoms with Crippen LogP contribution in [0.15, 0.2) is 91.0 Å². The van der Waals surface area contributed by atoms with Crippen molar-refractivity contribution in [3.05, 3.63) is 124 Å². The third-order valence-corrected chi connectivity index (χ3v) is 8.09. The molecule has 2 unspecified atom stereocenters. The molecule has 3 N–H and O–H groups in total. The molecule has 7 rings (SSSR count). The number of hydrazine groups is 1. The van der Waals surface area contributed by atoms with E-state index in [-0.39, 0.29) is 0 Å². The highest BCUT2D eigenvalue weighted by Crippen LogP contribution is 2.44. The van der Waals surface area contributed by atoms with Crippen molar-refractivity contribution in [3.63, 3.8) is 0 Å². The van der Waals surface area contributed by atoms with E-state index >= 15 is 0 Å². The molecule has 0 bridgehead atoms. The number of benzene rings is 4. The SMILES string of the molecule is NNc1cccc2c1Cc1ccccc1-2.c1ccc2c(c1)CCC2CC1CCc2ccccc21. The Morgan fingerprint density at radius 1 is 0.618 bits per heavy atom. The number of nitrogens with one attached hydrogen (secondary N) is 1. The summed E-state index contributed by atoms with van der Waals surface area (Å²) in [5.74, 6) is 7.10. The number of nitrogens with two attached hydrogens (primary N) is 1. The maximum atomic E-state index is 5.51. The fourth-order valence-electron chi connectivity index (χ4n) is 6.42. The van der Waals surface area contributed by atoms with Crippen molar-refractivity contribution < 1.29 is 0 Å². The summed E-state index contributed by atoms with van der Waals surface area (Å²) in [7, 11) is 0. The van der Waals surface area contributed by atoms with Crippen LogP contribution in [0.3, 0.4) is 0 Å². The third-order valence-electron chi connectivity index (χ3n) is 8.09. The second kappa shape index (κ2) is 9.12. The molecule has 3 aliphatic carbocycles. The summed E-state index contributed by atoms with van der Waals surface area (Å²) < 4.78 is 0. The number of hydrogen-bond acceptors (Lipinski definition) is 2. The molecule has 0 fully saturated rings. The van der Waals surface area contributed by atoms with Gasteiger partial charge in [0.25, 0.3) is 0 Å². The summed E-state index contributed by atoms with van der Waals surface area (Å²) >= 11 is 0. The van der Waals surface area contributed by atoms with Crippen LogP contribution in [0.4, 0.5) is 5.69 Å². The van der Waals surface area contributed by atoms with Gasteiger partial charge in [-0.05, 0) is 94.5 Å². The van der Waals surface area contributed by atoms with Crippen LogP contribution in [-0.2, 0) is 19.3 Å². The maximum Gasteiger partial charge on any atom is 0.0526 e. The molecular formula is C32H32N2. The maximum absolute atomic E-state index is 5.51. The van der Waals surface area contributed by atoms with Gasteiger partial charge in [0, 0.05) is 6.42 Å². The van der Waals surface area contributed by atoms with Crippen LogP contribution in [0.2, 0.25) is 0 Å². The summed E-state index contributed by atoms with van der Waals surface area (Å²) in [5.41, 5.74) is 15.6. The Balaban J connectivity index is 0.000000132. The monoisotopic (exact) mass is 444 g/mol. The van der Waals surface area contributed by atoms with Crippen LogP contribution >= 0.6 is 0 Å². The lowest BCUT2D eigenvalue weighted by Crippen LogP contribution is -2.08. The average Bonchev–Trinajstić information content (AvgIpc) is 3.60. The third kappa shape index (κ3) is 3.82. The molecule has 0 aliphatic heterocycles. The van der Waals surface area contributed by atoms with E-state index in [4.69, 9.17) is 5.84 Å². The molecular weight excluding hydrogens is 412 g/mol. The van der Waals surface area contributed by atoms with Gasteiger partial charge in [-0.2, -0.15) is 0 Å². The van der Waals surface area contributed by atoms with E-state index in [0.29, 0.717) is 0 Å². The zero-order valence-electron chi connectivity index (χ0n) is 19.6. The first kappa shape index (κ1) is 21.2. The van der Waals surface area contributed by atoms with Crippen LogP contribution in [0.25, 0.3) is 11.1 Å². The molecule has 34 heavy (non-hydrogen) atoms. The highest BCUT2D eigenvalue weighted by molar-refractivity contribution is 5.81. The van der Waals surface area contributed by atoms with E-state index in [9.17, 15) is 0 Å². The van der Waals surface area contributed by atoms with Crippen molar-refractivity contribution in [1.29, 1.82) is 0 Å². The Bertz CT molecular complexity index is 1270. The van der Waals surface area contributed by atoms with Gasteiger partial charge in [0.05, 0.1) is 5.69 Å². The van der Waals surface area contributed by atoms with Crippen molar-refractivity contribution in [1.82, 2.24) is 0 Å². The zero-order chi connectivity index (χ0) is 22.9. The number of hydrogen-bond donors (Lipinski definition) is 2. The molecule has 0 heterocycles. The van der Waals surface area contributed by atoms with Gasteiger partial charge in [-0.3, -0.25) is 5.84 Å². The van der Waals surface area contributed by atoms with E-state index in [1.807, 2.05) is 12.1 Å². The minimum Gasteiger partial charge on any atom is -0.324 e. The van der Waals surface area contributed by atoms with Gasteiger partial charge >= 0.3 is 0 Å². The van der Waals surface area contributed by atoms with Crippen molar-refractivity contribution in [3.8, 4) is 11.1 Å². The lowest BCUT2D eigenvalue weighted by molar-refractivity contribution is 0.525. The second-order valence-electron chi connectivity index (χ2n) is 9.91. The van der Waals surface area contributed by atoms with Gasteiger partial charge in [-0.1, -0.05) is 84.9 Å². The van der Waals surface area contributed by atoms with E-state index in [0.717, 1.165) is 23.9 Å². The summed E-state index contributed by atoms with van der Waals surface area (Å²) in [6.45, 7) is 0. The molecule has 4 aromatic rings. The normalized spacial score (nSPS) is 18.9. The van der Waals surface area contributed by atoms with Crippen molar-refractivity contribution in [2.24, 2.45) is 5.84 Å². The zero-order valence-corrected chi connectivity index (χ0v) is 19.6. The molecule has 4 aromatic carbocycles. The van der Waals surface area contributed by atoms with Crippen molar-refractivity contribution in [2.45, 2.75) is 50.4 Å². The molecule has 170 valence electrons. The highest BCUT2D eigenvalue weighted by atomic mass is 15.2. The predicted molar refractivity (Wildman–Crippen MR) is 142 cm³/mol. The number of anilines is 1. The van der Waals surface area contributed by atoms with Crippen molar-refractivity contribution in [2.75, 3.05) is 5.43 Å². The first-order valence-corrected chi connectivity index (χ1v) is 12.6. The van der Waals surface area contributed by atoms with Gasteiger partial charge in [-0.25, -0.2) is 0 Å². The van der Waals surface area contributed by atoms with E-state index in [1.54, 1.807) is 22.3 Å². The molecule has 0 spiro atoms. The predicted octanol–water partition coefficient (Wildman–Crippen LogP) is 7.38. The molecule has 2 atom stereocenters. The molecule has 0 saturated carbocycles. The quantitative estimate of drug-likeness (QED) is 0.225.